The molecule has 0 atom stereocenters. The number of benzene rings is 2. The van der Waals surface area contributed by atoms with Crippen LogP contribution in [0.2, 0.25) is 0 Å². The molecule has 0 spiro atoms. The van der Waals surface area contributed by atoms with Crippen molar-refractivity contribution >= 4 is 38.9 Å². The molecule has 8 nitrogen and oxygen atoms in total. The maximum absolute atomic E-state index is 11.5. The monoisotopic (exact) mass is 384 g/mol. The Labute approximate surface area is 143 Å². The van der Waals surface area contributed by atoms with Crippen LogP contribution in [0.3, 0.4) is 0 Å². The lowest BCUT2D eigenvalue weighted by atomic mass is 10.1. The Morgan fingerprint density at radius 3 is 1.92 bits per heavy atom. The van der Waals surface area contributed by atoms with Gasteiger partial charge in [-0.25, -0.2) is 0 Å². The van der Waals surface area contributed by atoms with Crippen molar-refractivity contribution in [2.45, 2.75) is 9.79 Å². The van der Waals surface area contributed by atoms with E-state index in [0.29, 0.717) is 0 Å². The molecule has 0 aliphatic rings. The summed E-state index contributed by atoms with van der Waals surface area (Å²) in [6.45, 7) is 0.0982. The molecule has 0 unspecified atom stereocenters. The van der Waals surface area contributed by atoms with Crippen molar-refractivity contribution in [1.29, 1.82) is 0 Å². The molecular weight excluding hydrogens is 372 g/mol. The van der Waals surface area contributed by atoms with Gasteiger partial charge in [-0.2, -0.15) is 16.8 Å². The highest BCUT2D eigenvalue weighted by atomic mass is 32.2. The third-order valence-corrected chi connectivity index (χ3v) is 4.92. The summed E-state index contributed by atoms with van der Waals surface area (Å²) in [6.07, 6.45) is 2.49. The molecule has 0 heterocycles. The molecule has 0 aliphatic heterocycles. The summed E-state index contributed by atoms with van der Waals surface area (Å²) < 4.78 is 68.7. The second-order valence-electron chi connectivity index (χ2n) is 4.74. The van der Waals surface area contributed by atoms with Gasteiger partial charge >= 0.3 is 0 Å². The molecule has 2 N–H and O–H groups in total. The minimum Gasteiger partial charge on any atom is -0.429 e. The molecule has 132 valence electrons. The van der Waals surface area contributed by atoms with Gasteiger partial charge in [-0.1, -0.05) is 30.4 Å². The maximum Gasteiger partial charge on any atom is 0.298 e. The van der Waals surface area contributed by atoms with Crippen molar-refractivity contribution in [2.24, 2.45) is 0 Å². The third kappa shape index (κ3) is 4.73. The molecule has 2 aromatic rings. The van der Waals surface area contributed by atoms with E-state index in [2.05, 4.69) is 4.74 Å². The van der Waals surface area contributed by atoms with Gasteiger partial charge < -0.3 is 4.74 Å². The number of carbonyl (C=O) groups is 1. The van der Waals surface area contributed by atoms with Crippen molar-refractivity contribution in [3.05, 3.63) is 53.6 Å². The highest BCUT2D eigenvalue weighted by Crippen LogP contribution is 2.25. The lowest BCUT2D eigenvalue weighted by Crippen LogP contribution is -2.02. The smallest absolute Gasteiger partial charge is 0.298 e. The van der Waals surface area contributed by atoms with E-state index in [1.54, 1.807) is 0 Å². The Hall–Kier alpha value is -2.53. The predicted octanol–water partition coefficient (Wildman–Crippen LogP) is 1.89. The average Bonchev–Trinajstić information content (AvgIpc) is 2.52. The second kappa shape index (κ2) is 7.15. The molecule has 0 amide bonds. The van der Waals surface area contributed by atoms with Gasteiger partial charge in [-0.3, -0.25) is 13.9 Å². The van der Waals surface area contributed by atoms with Crippen LogP contribution < -0.4 is 4.74 Å². The molecule has 10 heteroatoms. The first-order chi connectivity index (χ1) is 11.6. The average molecular weight is 384 g/mol. The summed E-state index contributed by atoms with van der Waals surface area (Å²) in [6, 6.07) is 9.01. The Bertz CT molecular complexity index is 1040. The van der Waals surface area contributed by atoms with Crippen molar-refractivity contribution in [2.75, 3.05) is 0 Å². The Morgan fingerprint density at radius 1 is 0.800 bits per heavy atom. The number of hydrogen-bond donors (Lipinski definition) is 2. The summed E-state index contributed by atoms with van der Waals surface area (Å²) in [5.74, 6) is -0.0990. The van der Waals surface area contributed by atoms with Crippen LogP contribution in [-0.2, 0) is 25.0 Å². The molecule has 2 rings (SSSR count). The van der Waals surface area contributed by atoms with Crippen LogP contribution in [-0.4, -0.2) is 32.4 Å². The molecule has 0 radical (unpaired) electrons. The number of rotatable bonds is 6. The van der Waals surface area contributed by atoms with Crippen LogP contribution in [0.15, 0.2) is 52.3 Å². The predicted molar refractivity (Wildman–Crippen MR) is 88.1 cm³/mol. The van der Waals surface area contributed by atoms with Gasteiger partial charge in [0.15, 0.2) is 0 Å². The summed E-state index contributed by atoms with van der Waals surface area (Å²) in [4.78, 5) is 9.44. The molecule has 25 heavy (non-hydrogen) atoms. The number of carbonyl (C=O) groups excluding carboxylic acids is 1. The lowest BCUT2D eigenvalue weighted by molar-refractivity contribution is -0.120. The van der Waals surface area contributed by atoms with Crippen LogP contribution in [0, 0.1) is 0 Å². The van der Waals surface area contributed by atoms with Crippen LogP contribution in [0.25, 0.3) is 12.2 Å². The van der Waals surface area contributed by atoms with E-state index in [4.69, 9.17) is 0 Å². The minimum atomic E-state index is -4.63. The standard InChI is InChI=1S/C15H12O8S2/c16-10-23-13-8-7-12(15(9-13)25(20,21)22)6-5-11-3-1-2-4-14(11)24(17,18)19/h1-10H,(H,17,18,19)(H,20,21,22). The Balaban J connectivity index is 2.55. The maximum atomic E-state index is 11.5. The quantitative estimate of drug-likeness (QED) is 0.438. The SMILES string of the molecule is O=COc1ccc(C=Cc2ccccc2S(=O)(=O)O)c(S(=O)(=O)O)c1. The first kappa shape index (κ1) is 18.8. The van der Waals surface area contributed by atoms with Crippen molar-refractivity contribution in [3.8, 4) is 5.75 Å². The fourth-order valence-electron chi connectivity index (χ4n) is 2.04. The molecule has 0 bridgehead atoms. The topological polar surface area (TPSA) is 135 Å². The minimum absolute atomic E-state index is 0.0193. The van der Waals surface area contributed by atoms with E-state index >= 15 is 0 Å². The van der Waals surface area contributed by atoms with Crippen LogP contribution in [0.4, 0.5) is 0 Å². The van der Waals surface area contributed by atoms with Gasteiger partial charge in [0.1, 0.15) is 15.5 Å². The molecule has 0 saturated heterocycles. The van der Waals surface area contributed by atoms with Gasteiger partial charge in [0.2, 0.25) is 0 Å². The van der Waals surface area contributed by atoms with Gasteiger partial charge in [-0.15, -0.1) is 0 Å². The Morgan fingerprint density at radius 2 is 1.36 bits per heavy atom. The highest BCUT2D eigenvalue weighted by molar-refractivity contribution is 7.86. The van der Waals surface area contributed by atoms with E-state index in [1.165, 1.54) is 48.6 Å². The lowest BCUT2D eigenvalue weighted by Gasteiger charge is -2.06. The normalized spacial score (nSPS) is 12.2. The summed E-state index contributed by atoms with van der Waals surface area (Å²) >= 11 is 0. The summed E-state index contributed by atoms with van der Waals surface area (Å²) in [5, 5.41) is 0. The summed E-state index contributed by atoms with van der Waals surface area (Å²) in [7, 11) is -9.10. The molecule has 0 aromatic heterocycles. The highest BCUT2D eigenvalue weighted by Gasteiger charge is 2.16. The van der Waals surface area contributed by atoms with Gasteiger partial charge in [-0.05, 0) is 29.3 Å². The van der Waals surface area contributed by atoms with Crippen LogP contribution in [0.5, 0.6) is 5.75 Å². The van der Waals surface area contributed by atoms with E-state index < -0.39 is 25.1 Å². The van der Waals surface area contributed by atoms with Gasteiger partial charge in [0.05, 0.1) is 0 Å². The molecule has 0 saturated carbocycles. The zero-order valence-electron chi connectivity index (χ0n) is 12.4. The Kier molecular flexibility index (Phi) is 5.38. The van der Waals surface area contributed by atoms with E-state index in [-0.39, 0.29) is 28.2 Å². The van der Waals surface area contributed by atoms with E-state index in [9.17, 15) is 30.7 Å². The zero-order chi connectivity index (χ0) is 18.7. The first-order valence-corrected chi connectivity index (χ1v) is 9.47. The summed E-state index contributed by atoms with van der Waals surface area (Å²) in [5.41, 5.74) is 0.130. The molecule has 2 aromatic carbocycles. The van der Waals surface area contributed by atoms with Crippen LogP contribution in [0.1, 0.15) is 11.1 Å². The largest absolute Gasteiger partial charge is 0.429 e. The fraction of sp³-hybridized carbons (Fsp3) is 0. The van der Waals surface area contributed by atoms with Gasteiger partial charge in [0.25, 0.3) is 26.7 Å². The molecular formula is C15H12O8S2. The van der Waals surface area contributed by atoms with E-state index in [0.717, 1.165) is 6.07 Å². The van der Waals surface area contributed by atoms with Crippen molar-refractivity contribution < 1.29 is 35.5 Å². The van der Waals surface area contributed by atoms with Crippen molar-refractivity contribution in [3.63, 3.8) is 0 Å². The number of ether oxygens (including phenoxy) is 1. The second-order valence-corrected chi connectivity index (χ2v) is 7.51. The third-order valence-electron chi connectivity index (χ3n) is 3.09. The molecule has 0 fully saturated rings. The van der Waals surface area contributed by atoms with E-state index in [1.807, 2.05) is 0 Å². The van der Waals surface area contributed by atoms with Gasteiger partial charge in [0, 0.05) is 6.07 Å². The molecule has 0 aliphatic carbocycles. The zero-order valence-corrected chi connectivity index (χ0v) is 14.1. The number of hydrogen-bond acceptors (Lipinski definition) is 6. The van der Waals surface area contributed by atoms with Crippen molar-refractivity contribution in [1.82, 2.24) is 0 Å². The van der Waals surface area contributed by atoms with Crippen LogP contribution >= 0.6 is 0 Å². The first-order valence-electron chi connectivity index (χ1n) is 6.59. The fourth-order valence-corrected chi connectivity index (χ4v) is 3.42.